The third kappa shape index (κ3) is 0.845. The summed E-state index contributed by atoms with van der Waals surface area (Å²) >= 11 is 0. The first-order valence-corrected chi connectivity index (χ1v) is 3.77. The Morgan fingerprint density at radius 3 is 2.83 bits per heavy atom. The highest BCUT2D eigenvalue weighted by molar-refractivity contribution is 5.50. The molecule has 12 heavy (non-hydrogen) atoms. The molecule has 0 aliphatic carbocycles. The summed E-state index contributed by atoms with van der Waals surface area (Å²) in [4.78, 5) is 4.23. The number of nitrogens with two attached hydrogens (primary N) is 1. The van der Waals surface area contributed by atoms with E-state index in [1.165, 1.54) is 0 Å². The monoisotopic (exact) mass is 162 g/mol. The first-order chi connectivity index (χ1) is 5.68. The molecular formula is C8H10N4. The van der Waals surface area contributed by atoms with E-state index in [1.54, 1.807) is 4.52 Å². The summed E-state index contributed by atoms with van der Waals surface area (Å²) in [7, 11) is 0. The minimum absolute atomic E-state index is 0.619. The predicted molar refractivity (Wildman–Crippen MR) is 46.9 cm³/mol. The van der Waals surface area contributed by atoms with Crippen molar-refractivity contribution in [2.75, 3.05) is 5.73 Å². The lowest BCUT2D eigenvalue weighted by atomic mass is 10.4. The van der Waals surface area contributed by atoms with Crippen LogP contribution in [0, 0.1) is 13.8 Å². The Morgan fingerprint density at radius 2 is 2.08 bits per heavy atom. The largest absolute Gasteiger partial charge is 0.382 e. The van der Waals surface area contributed by atoms with Crippen molar-refractivity contribution < 1.29 is 0 Å². The molecule has 2 aromatic rings. The quantitative estimate of drug-likeness (QED) is 0.627. The van der Waals surface area contributed by atoms with Gasteiger partial charge in [-0.05, 0) is 26.0 Å². The zero-order valence-corrected chi connectivity index (χ0v) is 7.07. The molecule has 0 saturated heterocycles. The average Bonchev–Trinajstić information content (AvgIpc) is 2.31. The van der Waals surface area contributed by atoms with Gasteiger partial charge in [-0.1, -0.05) is 0 Å². The number of aryl methyl sites for hydroxylation is 2. The lowest BCUT2D eigenvalue weighted by Gasteiger charge is -1.95. The molecule has 0 aromatic carbocycles. The average molecular weight is 162 g/mol. The van der Waals surface area contributed by atoms with Gasteiger partial charge in [0.2, 0.25) is 0 Å². The molecule has 2 heterocycles. The van der Waals surface area contributed by atoms with Crippen LogP contribution in [0.25, 0.3) is 5.65 Å². The van der Waals surface area contributed by atoms with Crippen molar-refractivity contribution in [3.8, 4) is 0 Å². The second-order valence-electron chi connectivity index (χ2n) is 2.83. The van der Waals surface area contributed by atoms with Gasteiger partial charge in [0.1, 0.15) is 5.82 Å². The second kappa shape index (κ2) is 2.20. The number of hydrogen-bond acceptors (Lipinski definition) is 3. The normalized spacial score (nSPS) is 10.8. The van der Waals surface area contributed by atoms with Crippen LogP contribution in [0.1, 0.15) is 11.4 Å². The Hall–Kier alpha value is -1.58. The van der Waals surface area contributed by atoms with Gasteiger partial charge in [-0.15, -0.1) is 0 Å². The maximum Gasteiger partial charge on any atom is 0.156 e. The van der Waals surface area contributed by atoms with Crippen molar-refractivity contribution >= 4 is 11.5 Å². The van der Waals surface area contributed by atoms with Crippen LogP contribution in [-0.4, -0.2) is 14.6 Å². The van der Waals surface area contributed by atoms with Gasteiger partial charge in [0.25, 0.3) is 0 Å². The number of nitrogens with zero attached hydrogens (tertiary/aromatic N) is 3. The molecule has 0 aliphatic heterocycles. The number of imidazole rings is 1. The van der Waals surface area contributed by atoms with E-state index in [-0.39, 0.29) is 0 Å². The molecule has 0 saturated carbocycles. The molecule has 2 rings (SSSR count). The van der Waals surface area contributed by atoms with E-state index in [4.69, 9.17) is 5.73 Å². The fourth-order valence-corrected chi connectivity index (χ4v) is 1.15. The fraction of sp³-hybridized carbons (Fsp3) is 0.250. The van der Waals surface area contributed by atoms with Gasteiger partial charge in [0.05, 0.1) is 11.4 Å². The molecule has 0 fully saturated rings. The first kappa shape index (κ1) is 7.09. The molecule has 0 aliphatic rings. The van der Waals surface area contributed by atoms with Gasteiger partial charge < -0.3 is 5.73 Å². The minimum Gasteiger partial charge on any atom is -0.382 e. The zero-order chi connectivity index (χ0) is 8.72. The standard InChI is InChI=1S/C8H10N4/c1-5-3-4-7-10-6(2)8(9)12(7)11-5/h3-4H,9H2,1-2H3. The van der Waals surface area contributed by atoms with E-state index in [1.807, 2.05) is 26.0 Å². The first-order valence-electron chi connectivity index (χ1n) is 3.77. The fourth-order valence-electron chi connectivity index (χ4n) is 1.15. The van der Waals surface area contributed by atoms with E-state index in [2.05, 4.69) is 10.1 Å². The highest BCUT2D eigenvalue weighted by Gasteiger charge is 2.04. The highest BCUT2D eigenvalue weighted by atomic mass is 15.3. The Morgan fingerprint density at radius 1 is 1.33 bits per heavy atom. The Kier molecular flexibility index (Phi) is 1.30. The van der Waals surface area contributed by atoms with E-state index >= 15 is 0 Å². The molecule has 0 bridgehead atoms. The van der Waals surface area contributed by atoms with E-state index in [0.29, 0.717) is 5.82 Å². The van der Waals surface area contributed by atoms with E-state index in [0.717, 1.165) is 17.0 Å². The SMILES string of the molecule is Cc1ccc2nc(C)c(N)n2n1. The Bertz CT molecular complexity index is 430. The molecular weight excluding hydrogens is 152 g/mol. The van der Waals surface area contributed by atoms with Crippen molar-refractivity contribution in [2.24, 2.45) is 0 Å². The maximum atomic E-state index is 5.75. The van der Waals surface area contributed by atoms with Gasteiger partial charge >= 0.3 is 0 Å². The predicted octanol–water partition coefficient (Wildman–Crippen LogP) is 0.928. The van der Waals surface area contributed by atoms with Gasteiger partial charge in [0, 0.05) is 0 Å². The highest BCUT2D eigenvalue weighted by Crippen LogP contribution is 2.11. The summed E-state index contributed by atoms with van der Waals surface area (Å²) in [5, 5.41) is 4.23. The van der Waals surface area contributed by atoms with Crippen molar-refractivity contribution in [2.45, 2.75) is 13.8 Å². The van der Waals surface area contributed by atoms with Crippen LogP contribution >= 0.6 is 0 Å². The summed E-state index contributed by atoms with van der Waals surface area (Å²) in [6.07, 6.45) is 0. The van der Waals surface area contributed by atoms with Crippen molar-refractivity contribution in [1.29, 1.82) is 0 Å². The molecule has 2 N–H and O–H groups in total. The van der Waals surface area contributed by atoms with Crippen LogP contribution < -0.4 is 5.73 Å². The lowest BCUT2D eigenvalue weighted by Crippen LogP contribution is -1.99. The van der Waals surface area contributed by atoms with Crippen molar-refractivity contribution in [3.63, 3.8) is 0 Å². The molecule has 4 nitrogen and oxygen atoms in total. The zero-order valence-electron chi connectivity index (χ0n) is 7.07. The smallest absolute Gasteiger partial charge is 0.156 e. The van der Waals surface area contributed by atoms with E-state index in [9.17, 15) is 0 Å². The van der Waals surface area contributed by atoms with Crippen molar-refractivity contribution in [1.82, 2.24) is 14.6 Å². The van der Waals surface area contributed by atoms with Crippen molar-refractivity contribution in [3.05, 3.63) is 23.5 Å². The maximum absolute atomic E-state index is 5.75. The third-order valence-corrected chi connectivity index (χ3v) is 1.83. The van der Waals surface area contributed by atoms with Crippen LogP contribution in [0.4, 0.5) is 5.82 Å². The summed E-state index contributed by atoms with van der Waals surface area (Å²) < 4.78 is 1.66. The van der Waals surface area contributed by atoms with Crippen LogP contribution in [0.2, 0.25) is 0 Å². The summed E-state index contributed by atoms with van der Waals surface area (Å²) in [6, 6.07) is 3.83. The minimum atomic E-state index is 0.619. The second-order valence-corrected chi connectivity index (χ2v) is 2.83. The Labute approximate surface area is 70.0 Å². The van der Waals surface area contributed by atoms with E-state index < -0.39 is 0 Å². The molecule has 0 atom stereocenters. The molecule has 0 unspecified atom stereocenters. The van der Waals surface area contributed by atoms with Crippen LogP contribution in [0.15, 0.2) is 12.1 Å². The third-order valence-electron chi connectivity index (χ3n) is 1.83. The molecule has 0 amide bonds. The number of rotatable bonds is 0. The van der Waals surface area contributed by atoms with Gasteiger partial charge in [-0.3, -0.25) is 0 Å². The summed E-state index contributed by atoms with van der Waals surface area (Å²) in [6.45, 7) is 3.80. The molecule has 62 valence electrons. The lowest BCUT2D eigenvalue weighted by molar-refractivity contribution is 0.909. The topological polar surface area (TPSA) is 56.2 Å². The number of nitrogen functional groups attached to an aromatic ring is 1. The molecule has 4 heteroatoms. The number of hydrogen-bond donors (Lipinski definition) is 1. The molecule has 0 radical (unpaired) electrons. The Balaban J connectivity index is 2.88. The number of anilines is 1. The van der Waals surface area contributed by atoms with Crippen LogP contribution in [0.3, 0.4) is 0 Å². The number of fused-ring (bicyclic) bond motifs is 1. The number of aromatic nitrogens is 3. The van der Waals surface area contributed by atoms with Crippen LogP contribution in [-0.2, 0) is 0 Å². The summed E-state index contributed by atoms with van der Waals surface area (Å²) in [5.74, 6) is 0.619. The van der Waals surface area contributed by atoms with Gasteiger partial charge in [0.15, 0.2) is 5.65 Å². The van der Waals surface area contributed by atoms with Gasteiger partial charge in [-0.2, -0.15) is 9.61 Å². The molecule has 0 spiro atoms. The molecule has 2 aromatic heterocycles. The summed E-state index contributed by atoms with van der Waals surface area (Å²) in [5.41, 5.74) is 8.31. The van der Waals surface area contributed by atoms with Crippen LogP contribution in [0.5, 0.6) is 0 Å². The van der Waals surface area contributed by atoms with Gasteiger partial charge in [-0.25, -0.2) is 4.98 Å².